The minimum absolute atomic E-state index is 0.0593. The normalized spacial score (nSPS) is 30.7. The maximum Gasteiger partial charge on any atom is 0.148 e. The van der Waals surface area contributed by atoms with Gasteiger partial charge >= 0.3 is 0 Å². The molecule has 4 heteroatoms. The molecule has 4 aliphatic rings. The van der Waals surface area contributed by atoms with Gasteiger partial charge in [-0.1, -0.05) is 25.3 Å². The largest absolute Gasteiger partial charge is 0.357 e. The maximum absolute atomic E-state index is 6.21. The Morgan fingerprint density at radius 3 is 2.57 bits per heavy atom. The summed E-state index contributed by atoms with van der Waals surface area (Å²) in [6.07, 6.45) is 17.7. The molecule has 0 aromatic rings. The number of nitrogens with one attached hydrogen (secondary N) is 1. The Kier molecular flexibility index (Phi) is 4.90. The molecule has 1 unspecified atom stereocenters. The van der Waals surface area contributed by atoms with Crippen LogP contribution in [0.5, 0.6) is 0 Å². The van der Waals surface area contributed by atoms with Gasteiger partial charge < -0.3 is 15.0 Å². The van der Waals surface area contributed by atoms with Crippen LogP contribution >= 0.6 is 0 Å². The number of hydrogen-bond acceptors (Lipinski definition) is 4. The van der Waals surface area contributed by atoms with E-state index >= 15 is 0 Å². The fraction of sp³-hybridized carbons (Fsp3) is 0.789. The quantitative estimate of drug-likeness (QED) is 0.863. The molecule has 0 spiro atoms. The van der Waals surface area contributed by atoms with Crippen molar-refractivity contribution in [2.45, 2.75) is 69.7 Å². The molecule has 3 fully saturated rings. The maximum atomic E-state index is 6.21. The lowest BCUT2D eigenvalue weighted by atomic mass is 9.91. The van der Waals surface area contributed by atoms with E-state index in [0.717, 1.165) is 19.1 Å². The van der Waals surface area contributed by atoms with E-state index in [2.05, 4.69) is 33.3 Å². The molecular formula is C19H31N3O. The first-order chi connectivity index (χ1) is 11.4. The van der Waals surface area contributed by atoms with Gasteiger partial charge in [0.05, 0.1) is 6.10 Å². The van der Waals surface area contributed by atoms with Crippen molar-refractivity contribution in [3.05, 3.63) is 24.0 Å². The van der Waals surface area contributed by atoms with E-state index in [0.29, 0.717) is 6.10 Å². The summed E-state index contributed by atoms with van der Waals surface area (Å²) in [5.74, 6) is 1.26. The van der Waals surface area contributed by atoms with Gasteiger partial charge in [-0.05, 0) is 44.3 Å². The molecule has 1 N–H and O–H groups in total. The fourth-order valence-corrected chi connectivity index (χ4v) is 4.29. The summed E-state index contributed by atoms with van der Waals surface area (Å²) in [5, 5.41) is 3.61. The van der Waals surface area contributed by atoms with Gasteiger partial charge in [0.25, 0.3) is 0 Å². The van der Waals surface area contributed by atoms with E-state index in [-0.39, 0.29) is 6.23 Å². The minimum Gasteiger partial charge on any atom is -0.357 e. The lowest BCUT2D eigenvalue weighted by Crippen LogP contribution is -2.44. The summed E-state index contributed by atoms with van der Waals surface area (Å²) in [5.41, 5.74) is 0. The molecular weight excluding hydrogens is 286 g/mol. The smallest absolute Gasteiger partial charge is 0.148 e. The first-order valence-electron chi connectivity index (χ1n) is 9.68. The molecule has 0 radical (unpaired) electrons. The van der Waals surface area contributed by atoms with Crippen LogP contribution in [0.15, 0.2) is 24.0 Å². The van der Waals surface area contributed by atoms with E-state index in [1.807, 2.05) is 0 Å². The van der Waals surface area contributed by atoms with Crippen molar-refractivity contribution >= 4 is 0 Å². The van der Waals surface area contributed by atoms with Gasteiger partial charge in [0.1, 0.15) is 12.0 Å². The van der Waals surface area contributed by atoms with Crippen LogP contribution in [-0.4, -0.2) is 54.4 Å². The monoisotopic (exact) mass is 317 g/mol. The van der Waals surface area contributed by atoms with Gasteiger partial charge in [-0.15, -0.1) is 0 Å². The lowest BCUT2D eigenvalue weighted by Gasteiger charge is -2.37. The van der Waals surface area contributed by atoms with Crippen molar-refractivity contribution < 1.29 is 4.74 Å². The molecule has 2 aliphatic heterocycles. The molecule has 2 saturated carbocycles. The second-order valence-electron chi connectivity index (χ2n) is 7.51. The van der Waals surface area contributed by atoms with E-state index in [1.165, 1.54) is 70.3 Å². The van der Waals surface area contributed by atoms with Crippen LogP contribution in [0.4, 0.5) is 0 Å². The average Bonchev–Trinajstić information content (AvgIpc) is 2.90. The lowest BCUT2D eigenvalue weighted by molar-refractivity contribution is 0.000276. The Bertz CT molecular complexity index is 452. The predicted molar refractivity (Wildman–Crippen MR) is 92.9 cm³/mol. The number of ether oxygens (including phenoxy) is 1. The molecule has 128 valence electrons. The summed E-state index contributed by atoms with van der Waals surface area (Å²) in [4.78, 5) is 5.24. The predicted octanol–water partition coefficient (Wildman–Crippen LogP) is 2.83. The van der Waals surface area contributed by atoms with Gasteiger partial charge in [-0.2, -0.15) is 0 Å². The first kappa shape index (κ1) is 15.5. The molecule has 1 saturated heterocycles. The van der Waals surface area contributed by atoms with Crippen LogP contribution in [0.2, 0.25) is 0 Å². The number of hydrogen-bond donors (Lipinski definition) is 1. The number of allylic oxidation sites excluding steroid dienone is 2. The highest BCUT2D eigenvalue weighted by Gasteiger charge is 2.28. The summed E-state index contributed by atoms with van der Waals surface area (Å²) in [6.45, 7) is 4.78. The first-order valence-corrected chi connectivity index (χ1v) is 9.68. The molecule has 2 heterocycles. The minimum atomic E-state index is 0.0593. The van der Waals surface area contributed by atoms with Crippen LogP contribution in [-0.2, 0) is 4.74 Å². The zero-order chi connectivity index (χ0) is 15.5. The molecule has 4 nitrogen and oxygen atoms in total. The summed E-state index contributed by atoms with van der Waals surface area (Å²) in [7, 11) is 0. The van der Waals surface area contributed by atoms with Gasteiger partial charge in [-0.25, -0.2) is 0 Å². The third-order valence-electron chi connectivity index (χ3n) is 5.93. The van der Waals surface area contributed by atoms with Gasteiger partial charge in [0.2, 0.25) is 0 Å². The average molecular weight is 317 g/mol. The standard InChI is InChI=1S/C19H31N3O/c1-2-9-17(8-1)23-19-11-4-10-18(20-19)22-13-5-12-21(14-15-22)16-6-3-7-16/h4,10-11,16-17,19-20H,1-3,5-9,12-15H2. The van der Waals surface area contributed by atoms with Crippen LogP contribution in [0.1, 0.15) is 51.4 Å². The molecule has 23 heavy (non-hydrogen) atoms. The Hall–Kier alpha value is -1.00. The van der Waals surface area contributed by atoms with E-state index in [9.17, 15) is 0 Å². The Labute approximate surface area is 140 Å². The summed E-state index contributed by atoms with van der Waals surface area (Å²) in [6, 6.07) is 0.876. The second kappa shape index (κ2) is 7.27. The highest BCUT2D eigenvalue weighted by molar-refractivity contribution is 5.18. The van der Waals surface area contributed by atoms with E-state index < -0.39 is 0 Å². The molecule has 0 aromatic carbocycles. The van der Waals surface area contributed by atoms with Gasteiger partial charge in [-0.3, -0.25) is 4.90 Å². The van der Waals surface area contributed by atoms with Crippen molar-refractivity contribution in [2.75, 3.05) is 26.2 Å². The van der Waals surface area contributed by atoms with Crippen LogP contribution in [0.25, 0.3) is 0 Å². The van der Waals surface area contributed by atoms with Gasteiger partial charge in [0.15, 0.2) is 0 Å². The third-order valence-corrected chi connectivity index (χ3v) is 5.93. The molecule has 0 bridgehead atoms. The Morgan fingerprint density at radius 2 is 1.78 bits per heavy atom. The third kappa shape index (κ3) is 3.74. The summed E-state index contributed by atoms with van der Waals surface area (Å²) >= 11 is 0. The fourth-order valence-electron chi connectivity index (χ4n) is 4.29. The molecule has 4 rings (SSSR count). The van der Waals surface area contributed by atoms with Crippen LogP contribution in [0.3, 0.4) is 0 Å². The van der Waals surface area contributed by atoms with Crippen molar-refractivity contribution in [3.63, 3.8) is 0 Å². The Morgan fingerprint density at radius 1 is 0.913 bits per heavy atom. The van der Waals surface area contributed by atoms with E-state index in [1.54, 1.807) is 0 Å². The highest BCUT2D eigenvalue weighted by atomic mass is 16.5. The zero-order valence-electron chi connectivity index (χ0n) is 14.3. The van der Waals surface area contributed by atoms with Crippen molar-refractivity contribution in [1.82, 2.24) is 15.1 Å². The summed E-state index contributed by atoms with van der Waals surface area (Å²) < 4.78 is 6.21. The number of dihydropyridines is 1. The van der Waals surface area contributed by atoms with Crippen molar-refractivity contribution in [1.29, 1.82) is 0 Å². The molecule has 1 atom stereocenters. The van der Waals surface area contributed by atoms with Crippen molar-refractivity contribution in [3.8, 4) is 0 Å². The number of nitrogens with zero attached hydrogens (tertiary/aromatic N) is 2. The van der Waals surface area contributed by atoms with Gasteiger partial charge in [0, 0.05) is 32.2 Å². The van der Waals surface area contributed by atoms with Crippen LogP contribution in [0, 0.1) is 0 Å². The van der Waals surface area contributed by atoms with Crippen molar-refractivity contribution in [2.24, 2.45) is 0 Å². The van der Waals surface area contributed by atoms with E-state index in [4.69, 9.17) is 4.74 Å². The zero-order valence-corrected chi connectivity index (χ0v) is 14.3. The topological polar surface area (TPSA) is 27.7 Å². The molecule has 0 amide bonds. The second-order valence-corrected chi connectivity index (χ2v) is 7.51. The number of rotatable bonds is 4. The molecule has 2 aliphatic carbocycles. The molecule has 0 aromatic heterocycles. The SMILES string of the molecule is C1=CC(OC2CCCC2)NC(N2CCCN(C3CCC3)CC2)=C1. The highest BCUT2D eigenvalue weighted by Crippen LogP contribution is 2.26. The Balaban J connectivity index is 1.30. The van der Waals surface area contributed by atoms with Crippen LogP contribution < -0.4 is 5.32 Å².